The Morgan fingerprint density at radius 3 is 2.21 bits per heavy atom. The van der Waals surface area contributed by atoms with Crippen LogP contribution >= 0.6 is 0 Å². The van der Waals surface area contributed by atoms with Crippen LogP contribution < -0.4 is 25.0 Å². The van der Waals surface area contributed by atoms with Crippen molar-refractivity contribution in [1.29, 1.82) is 0 Å². The lowest BCUT2D eigenvalue weighted by atomic mass is 10.2. The number of halogens is 1. The molecule has 2 aromatic carbocycles. The Labute approximate surface area is 161 Å². The Kier molecular flexibility index (Phi) is 7.32. The van der Waals surface area contributed by atoms with Crippen molar-refractivity contribution in [2.75, 3.05) is 27.9 Å². The highest BCUT2D eigenvalue weighted by Crippen LogP contribution is 2.33. The van der Waals surface area contributed by atoms with Gasteiger partial charge in [-0.15, -0.1) is 0 Å². The maximum absolute atomic E-state index is 12.9. The van der Waals surface area contributed by atoms with Crippen LogP contribution in [0.25, 0.3) is 0 Å². The number of ether oxygens (including phenoxy) is 3. The number of carbonyl (C=O) groups is 2. The molecule has 2 amide bonds. The van der Waals surface area contributed by atoms with E-state index in [4.69, 9.17) is 14.2 Å². The van der Waals surface area contributed by atoms with E-state index in [0.717, 1.165) is 12.1 Å². The highest BCUT2D eigenvalue weighted by atomic mass is 19.1. The first-order chi connectivity index (χ1) is 13.5. The van der Waals surface area contributed by atoms with E-state index < -0.39 is 17.6 Å². The Balaban J connectivity index is 1.94. The third-order valence-electron chi connectivity index (χ3n) is 3.64. The minimum absolute atomic E-state index is 0.243. The van der Waals surface area contributed by atoms with Gasteiger partial charge < -0.3 is 19.5 Å². The molecule has 28 heavy (non-hydrogen) atoms. The molecule has 0 aliphatic rings. The molecule has 0 fully saturated rings. The van der Waals surface area contributed by atoms with Crippen LogP contribution in [0, 0.1) is 5.82 Å². The molecule has 0 aliphatic heterocycles. The summed E-state index contributed by atoms with van der Waals surface area (Å²) in [4.78, 5) is 23.7. The fourth-order valence-corrected chi connectivity index (χ4v) is 2.23. The summed E-state index contributed by atoms with van der Waals surface area (Å²) in [5, 5.41) is 6.26. The molecule has 8 nitrogen and oxygen atoms in total. The van der Waals surface area contributed by atoms with E-state index in [9.17, 15) is 14.0 Å². The number of carbonyl (C=O) groups excluding carboxylic acids is 2. The number of benzene rings is 2. The molecule has 0 aliphatic carbocycles. The minimum Gasteiger partial charge on any atom is -0.496 e. The van der Waals surface area contributed by atoms with Crippen molar-refractivity contribution >= 4 is 18.0 Å². The molecule has 2 aromatic rings. The lowest BCUT2D eigenvalue weighted by Gasteiger charge is -2.11. The molecule has 0 radical (unpaired) electrons. The average molecular weight is 389 g/mol. The van der Waals surface area contributed by atoms with Crippen LogP contribution in [0.4, 0.5) is 4.39 Å². The van der Waals surface area contributed by atoms with E-state index in [-0.39, 0.29) is 12.1 Å². The number of hydrogen-bond donors (Lipinski definition) is 2. The van der Waals surface area contributed by atoms with Crippen molar-refractivity contribution < 1.29 is 28.2 Å². The van der Waals surface area contributed by atoms with Crippen molar-refractivity contribution in [3.63, 3.8) is 0 Å². The first-order valence-electron chi connectivity index (χ1n) is 8.14. The largest absolute Gasteiger partial charge is 0.496 e. The topological polar surface area (TPSA) is 98.2 Å². The van der Waals surface area contributed by atoms with E-state index in [2.05, 4.69) is 15.8 Å². The molecule has 0 heterocycles. The summed E-state index contributed by atoms with van der Waals surface area (Å²) in [6.07, 6.45) is 1.38. The zero-order valence-corrected chi connectivity index (χ0v) is 15.6. The number of nitrogens with zero attached hydrogens (tertiary/aromatic N) is 1. The van der Waals surface area contributed by atoms with Crippen LogP contribution in [0.3, 0.4) is 0 Å². The van der Waals surface area contributed by atoms with Gasteiger partial charge in [0.1, 0.15) is 11.6 Å². The molecule has 0 spiro atoms. The summed E-state index contributed by atoms with van der Waals surface area (Å²) < 4.78 is 28.5. The predicted molar refractivity (Wildman–Crippen MR) is 101 cm³/mol. The highest BCUT2D eigenvalue weighted by molar-refractivity contribution is 5.96. The molecule has 0 aromatic heterocycles. The predicted octanol–water partition coefficient (Wildman–Crippen LogP) is 1.73. The van der Waals surface area contributed by atoms with Gasteiger partial charge in [0.05, 0.1) is 34.1 Å². The van der Waals surface area contributed by atoms with Crippen LogP contribution in [-0.2, 0) is 4.79 Å². The smallest absolute Gasteiger partial charge is 0.259 e. The number of methoxy groups -OCH3 is 3. The second-order valence-corrected chi connectivity index (χ2v) is 5.43. The monoisotopic (exact) mass is 389 g/mol. The lowest BCUT2D eigenvalue weighted by molar-refractivity contribution is -0.120. The Bertz CT molecular complexity index is 869. The van der Waals surface area contributed by atoms with Gasteiger partial charge in [-0.25, -0.2) is 9.82 Å². The van der Waals surface area contributed by atoms with Gasteiger partial charge >= 0.3 is 0 Å². The lowest BCUT2D eigenvalue weighted by Crippen LogP contribution is -2.34. The molecule has 9 heteroatoms. The molecule has 0 saturated heterocycles. The van der Waals surface area contributed by atoms with E-state index >= 15 is 0 Å². The fraction of sp³-hybridized carbons (Fsp3) is 0.211. The van der Waals surface area contributed by atoms with Crippen LogP contribution in [0.1, 0.15) is 15.9 Å². The number of nitrogens with one attached hydrogen (secondary N) is 2. The average Bonchev–Trinajstić information content (AvgIpc) is 2.72. The number of hydrogen-bond acceptors (Lipinski definition) is 6. The van der Waals surface area contributed by atoms with Crippen molar-refractivity contribution in [1.82, 2.24) is 10.7 Å². The second-order valence-electron chi connectivity index (χ2n) is 5.43. The van der Waals surface area contributed by atoms with Crippen LogP contribution in [0.5, 0.6) is 17.2 Å². The van der Waals surface area contributed by atoms with Crippen molar-refractivity contribution in [2.45, 2.75) is 0 Å². The third-order valence-corrected chi connectivity index (χ3v) is 3.64. The molecular weight excluding hydrogens is 369 g/mol. The Morgan fingerprint density at radius 1 is 1.00 bits per heavy atom. The maximum Gasteiger partial charge on any atom is 0.259 e. The summed E-state index contributed by atoms with van der Waals surface area (Å²) >= 11 is 0. The molecule has 2 N–H and O–H groups in total. The van der Waals surface area contributed by atoms with Gasteiger partial charge in [-0.1, -0.05) is 0 Å². The number of amides is 2. The molecule has 2 rings (SSSR count). The van der Waals surface area contributed by atoms with E-state index in [1.807, 2.05) is 0 Å². The summed E-state index contributed by atoms with van der Waals surface area (Å²) in [6, 6.07) is 8.24. The van der Waals surface area contributed by atoms with E-state index in [1.54, 1.807) is 12.1 Å². The quantitative estimate of drug-likeness (QED) is 0.529. The SMILES string of the molecule is COc1cc(OC)c(OC)cc1C=NNC(=O)CNC(=O)c1ccc(F)cc1. The van der Waals surface area contributed by atoms with Gasteiger partial charge in [0.15, 0.2) is 11.5 Å². The van der Waals surface area contributed by atoms with Crippen molar-refractivity contribution in [3.8, 4) is 17.2 Å². The summed E-state index contributed by atoms with van der Waals surface area (Å²) in [5.74, 6) is -0.0481. The molecule has 0 unspecified atom stereocenters. The third kappa shape index (κ3) is 5.44. The standard InChI is InChI=1S/C19H20FN3O5/c1-26-15-9-17(28-3)16(27-2)8-13(15)10-22-23-18(24)11-21-19(25)12-4-6-14(20)7-5-12/h4-10H,11H2,1-3H3,(H,21,25)(H,23,24). The van der Waals surface area contributed by atoms with Gasteiger partial charge in [0.25, 0.3) is 11.8 Å². The zero-order chi connectivity index (χ0) is 20.5. The van der Waals surface area contributed by atoms with Gasteiger partial charge in [-0.3, -0.25) is 9.59 Å². The maximum atomic E-state index is 12.9. The van der Waals surface area contributed by atoms with Crippen LogP contribution in [0.15, 0.2) is 41.5 Å². The second kappa shape index (κ2) is 9.91. The number of hydrazone groups is 1. The zero-order valence-electron chi connectivity index (χ0n) is 15.6. The Morgan fingerprint density at radius 2 is 1.61 bits per heavy atom. The fourth-order valence-electron chi connectivity index (χ4n) is 2.23. The van der Waals surface area contributed by atoms with Gasteiger partial charge in [0, 0.05) is 17.2 Å². The van der Waals surface area contributed by atoms with E-state index in [0.29, 0.717) is 22.8 Å². The van der Waals surface area contributed by atoms with Crippen LogP contribution in [-0.4, -0.2) is 45.9 Å². The highest BCUT2D eigenvalue weighted by Gasteiger charge is 2.11. The molecule has 0 bridgehead atoms. The first kappa shape index (κ1) is 20.7. The Hall–Kier alpha value is -3.62. The van der Waals surface area contributed by atoms with Crippen LogP contribution in [0.2, 0.25) is 0 Å². The van der Waals surface area contributed by atoms with Gasteiger partial charge in [0.2, 0.25) is 0 Å². The molecule has 0 saturated carbocycles. The number of rotatable bonds is 8. The summed E-state index contributed by atoms with van der Waals surface area (Å²) in [5.41, 5.74) is 3.09. The van der Waals surface area contributed by atoms with Crippen molar-refractivity contribution in [2.24, 2.45) is 5.10 Å². The van der Waals surface area contributed by atoms with Crippen molar-refractivity contribution in [3.05, 3.63) is 53.3 Å². The summed E-state index contributed by atoms with van der Waals surface area (Å²) in [6.45, 7) is -0.295. The van der Waals surface area contributed by atoms with Gasteiger partial charge in [-0.2, -0.15) is 5.10 Å². The normalized spacial score (nSPS) is 10.4. The first-order valence-corrected chi connectivity index (χ1v) is 8.14. The van der Waals surface area contributed by atoms with E-state index in [1.165, 1.54) is 39.7 Å². The summed E-state index contributed by atoms with van der Waals surface area (Å²) in [7, 11) is 4.49. The molecule has 148 valence electrons. The minimum atomic E-state index is -0.536. The molecular formula is C19H20FN3O5. The molecule has 0 atom stereocenters. The van der Waals surface area contributed by atoms with Gasteiger partial charge in [-0.05, 0) is 30.3 Å².